The van der Waals surface area contributed by atoms with E-state index in [1.54, 1.807) is 0 Å². The van der Waals surface area contributed by atoms with Crippen molar-refractivity contribution in [1.82, 2.24) is 0 Å². The summed E-state index contributed by atoms with van der Waals surface area (Å²) in [7, 11) is 0. The summed E-state index contributed by atoms with van der Waals surface area (Å²) in [5.74, 6) is 0. The van der Waals surface area contributed by atoms with Crippen LogP contribution in [0.1, 0.15) is 53.9 Å². The van der Waals surface area contributed by atoms with E-state index in [1.807, 2.05) is 0 Å². The smallest absolute Gasteiger partial charge is 0.00782 e. The van der Waals surface area contributed by atoms with Gasteiger partial charge in [0.15, 0.2) is 0 Å². The maximum Gasteiger partial charge on any atom is 0.00782 e. The molecule has 0 aliphatic rings. The van der Waals surface area contributed by atoms with Gasteiger partial charge in [-0.25, -0.2) is 0 Å². The molecule has 0 saturated heterocycles. The summed E-state index contributed by atoms with van der Waals surface area (Å²) in [6.45, 7) is 11.3. The maximum atomic E-state index is 4.54. The Morgan fingerprint density at radius 1 is 1.09 bits per heavy atom. The predicted molar refractivity (Wildman–Crippen MR) is 56.4 cm³/mol. The Morgan fingerprint density at radius 2 is 1.55 bits per heavy atom. The molecule has 0 bridgehead atoms. The minimum Gasteiger partial charge on any atom is -0.173 e. The molecule has 0 unspecified atom stereocenters. The molecule has 0 saturated carbocycles. The van der Waals surface area contributed by atoms with E-state index in [0.29, 0.717) is 5.41 Å². The third kappa shape index (κ3) is 6.74. The van der Waals surface area contributed by atoms with E-state index in [0.717, 1.165) is 0 Å². The van der Waals surface area contributed by atoms with Crippen molar-refractivity contribution >= 4 is 12.6 Å². The summed E-state index contributed by atoms with van der Waals surface area (Å²) in [5, 5.41) is 0. The number of rotatable bonds is 4. The van der Waals surface area contributed by atoms with E-state index in [4.69, 9.17) is 0 Å². The second-order valence-corrected chi connectivity index (χ2v) is 6.11. The number of thiol groups is 1. The van der Waals surface area contributed by atoms with Crippen molar-refractivity contribution < 1.29 is 0 Å². The van der Waals surface area contributed by atoms with Crippen LogP contribution in [0.4, 0.5) is 0 Å². The molecule has 0 aromatic rings. The first-order chi connectivity index (χ1) is 4.77. The Bertz CT molecular complexity index is 109. The fraction of sp³-hybridized carbons (Fsp3) is 1.00. The summed E-state index contributed by atoms with van der Waals surface area (Å²) >= 11 is 4.54. The molecule has 0 nitrogen and oxygen atoms in total. The van der Waals surface area contributed by atoms with Crippen molar-refractivity contribution in [2.45, 2.75) is 58.6 Å². The topological polar surface area (TPSA) is 0 Å². The van der Waals surface area contributed by atoms with Gasteiger partial charge in [0.25, 0.3) is 0 Å². The average molecular weight is 174 g/mol. The van der Waals surface area contributed by atoms with Crippen molar-refractivity contribution in [3.63, 3.8) is 0 Å². The van der Waals surface area contributed by atoms with Gasteiger partial charge in [-0.3, -0.25) is 0 Å². The lowest BCUT2D eigenvalue weighted by molar-refractivity contribution is 0.278. The van der Waals surface area contributed by atoms with Crippen LogP contribution < -0.4 is 0 Å². The van der Waals surface area contributed by atoms with Gasteiger partial charge in [0.2, 0.25) is 0 Å². The van der Waals surface area contributed by atoms with Gasteiger partial charge < -0.3 is 0 Å². The van der Waals surface area contributed by atoms with E-state index < -0.39 is 0 Å². The minimum atomic E-state index is 0.179. The molecular formula is C10H22S. The Labute approximate surface area is 77.2 Å². The summed E-state index contributed by atoms with van der Waals surface area (Å²) in [4.78, 5) is 0. The molecule has 0 fully saturated rings. The van der Waals surface area contributed by atoms with Gasteiger partial charge in [-0.2, -0.15) is 12.6 Å². The molecule has 0 atom stereocenters. The molecule has 0 amide bonds. The van der Waals surface area contributed by atoms with Crippen LogP contribution in [0.2, 0.25) is 0 Å². The zero-order valence-electron chi connectivity index (χ0n) is 8.57. The van der Waals surface area contributed by atoms with Gasteiger partial charge in [-0.05, 0) is 18.3 Å². The molecule has 0 radical (unpaired) electrons. The first kappa shape index (κ1) is 11.4. The molecule has 0 heterocycles. The molecule has 0 aliphatic heterocycles. The molecule has 0 rings (SSSR count). The molecule has 0 spiro atoms. The second kappa shape index (κ2) is 3.84. The fourth-order valence-electron chi connectivity index (χ4n) is 1.94. The van der Waals surface area contributed by atoms with Crippen LogP contribution in [0.3, 0.4) is 0 Å². The Balaban J connectivity index is 3.91. The molecule has 68 valence electrons. The van der Waals surface area contributed by atoms with E-state index in [9.17, 15) is 0 Å². The van der Waals surface area contributed by atoms with Crippen LogP contribution in [-0.2, 0) is 0 Å². The fourth-order valence-corrected chi connectivity index (χ4v) is 2.36. The molecule has 0 N–H and O–H groups in total. The van der Waals surface area contributed by atoms with E-state index in [2.05, 4.69) is 47.2 Å². The normalized spacial score (nSPS) is 13.6. The second-order valence-electron chi connectivity index (χ2n) is 4.90. The van der Waals surface area contributed by atoms with Crippen LogP contribution >= 0.6 is 12.6 Å². The minimum absolute atomic E-state index is 0.179. The third-order valence-corrected chi connectivity index (χ3v) is 2.00. The highest BCUT2D eigenvalue weighted by molar-refractivity contribution is 7.81. The zero-order chi connectivity index (χ0) is 9.12. The SMILES string of the molecule is CCCC(C)(C)CC(C)(C)S. The van der Waals surface area contributed by atoms with Crippen molar-refractivity contribution in [2.75, 3.05) is 0 Å². The Hall–Kier alpha value is 0.350. The van der Waals surface area contributed by atoms with Gasteiger partial charge in [0.05, 0.1) is 0 Å². The van der Waals surface area contributed by atoms with Gasteiger partial charge in [0, 0.05) is 4.75 Å². The zero-order valence-corrected chi connectivity index (χ0v) is 9.46. The molecule has 0 aromatic carbocycles. The van der Waals surface area contributed by atoms with Gasteiger partial charge in [0.1, 0.15) is 0 Å². The van der Waals surface area contributed by atoms with Gasteiger partial charge in [-0.15, -0.1) is 0 Å². The predicted octanol–water partition coefficient (Wildman–Crippen LogP) is 3.91. The lowest BCUT2D eigenvalue weighted by Crippen LogP contribution is -2.23. The van der Waals surface area contributed by atoms with Crippen molar-refractivity contribution in [1.29, 1.82) is 0 Å². The van der Waals surface area contributed by atoms with E-state index in [1.165, 1.54) is 19.3 Å². The van der Waals surface area contributed by atoms with Gasteiger partial charge in [-0.1, -0.05) is 41.0 Å². The monoisotopic (exact) mass is 174 g/mol. The largest absolute Gasteiger partial charge is 0.173 e. The third-order valence-electron chi connectivity index (χ3n) is 1.84. The maximum absolute atomic E-state index is 4.54. The molecule has 11 heavy (non-hydrogen) atoms. The summed E-state index contributed by atoms with van der Waals surface area (Å²) in [5.41, 5.74) is 0.458. The van der Waals surface area contributed by atoms with E-state index >= 15 is 0 Å². The first-order valence-corrected chi connectivity index (χ1v) is 4.94. The lowest BCUT2D eigenvalue weighted by Gasteiger charge is -2.31. The highest BCUT2D eigenvalue weighted by atomic mass is 32.1. The Kier molecular flexibility index (Phi) is 3.96. The summed E-state index contributed by atoms with van der Waals surface area (Å²) in [6, 6.07) is 0. The van der Waals surface area contributed by atoms with Crippen molar-refractivity contribution in [2.24, 2.45) is 5.41 Å². The molecule has 1 heteroatoms. The molecule has 0 aromatic heterocycles. The van der Waals surface area contributed by atoms with Gasteiger partial charge >= 0.3 is 0 Å². The first-order valence-electron chi connectivity index (χ1n) is 4.49. The van der Waals surface area contributed by atoms with Crippen LogP contribution in [0.25, 0.3) is 0 Å². The standard InChI is InChI=1S/C10H22S/c1-6-7-9(2,3)8-10(4,5)11/h11H,6-8H2,1-5H3. The van der Waals surface area contributed by atoms with E-state index in [-0.39, 0.29) is 4.75 Å². The van der Waals surface area contributed by atoms with Crippen LogP contribution in [0, 0.1) is 5.41 Å². The van der Waals surface area contributed by atoms with Crippen LogP contribution in [-0.4, -0.2) is 4.75 Å². The molecule has 0 aliphatic carbocycles. The van der Waals surface area contributed by atoms with Crippen molar-refractivity contribution in [3.05, 3.63) is 0 Å². The highest BCUT2D eigenvalue weighted by Crippen LogP contribution is 2.34. The van der Waals surface area contributed by atoms with Crippen molar-refractivity contribution in [3.8, 4) is 0 Å². The van der Waals surface area contributed by atoms with Crippen LogP contribution in [0.15, 0.2) is 0 Å². The molecular weight excluding hydrogens is 152 g/mol. The lowest BCUT2D eigenvalue weighted by atomic mass is 9.80. The Morgan fingerprint density at radius 3 is 1.82 bits per heavy atom. The summed E-state index contributed by atoms with van der Waals surface area (Å²) in [6.07, 6.45) is 3.77. The quantitative estimate of drug-likeness (QED) is 0.614. The average Bonchev–Trinajstić information content (AvgIpc) is 1.55. The highest BCUT2D eigenvalue weighted by Gasteiger charge is 2.24. The van der Waals surface area contributed by atoms with Crippen LogP contribution in [0.5, 0.6) is 0 Å². The number of hydrogen-bond acceptors (Lipinski definition) is 1. The number of hydrogen-bond donors (Lipinski definition) is 1. The summed E-state index contributed by atoms with van der Waals surface area (Å²) < 4.78 is 0.179.